The third-order valence-electron chi connectivity index (χ3n) is 1.26. The minimum atomic E-state index is 0.351. The first-order valence-electron chi connectivity index (χ1n) is 3.68. The van der Waals surface area contributed by atoms with Crippen LogP contribution in [0.4, 0.5) is 0 Å². The number of carbonyl (C=O) groups excluding carboxylic acids is 1. The Labute approximate surface area is 80.5 Å². The maximum atomic E-state index is 11.1. The van der Waals surface area contributed by atoms with Gasteiger partial charge in [-0.3, -0.25) is 4.79 Å². The summed E-state index contributed by atoms with van der Waals surface area (Å²) >= 11 is 5.17. The molecule has 1 atom stereocenters. The summed E-state index contributed by atoms with van der Waals surface area (Å²) in [5.41, 5.74) is 0. The smallest absolute Gasteiger partial charge is 0.198 e. The van der Waals surface area contributed by atoms with Crippen molar-refractivity contribution in [2.75, 3.05) is 23.0 Å². The molecule has 1 fully saturated rings. The molecule has 0 spiro atoms. The normalized spacial score (nSPS) is 21.7. The van der Waals surface area contributed by atoms with Gasteiger partial charge in [0.1, 0.15) is 0 Å². The van der Waals surface area contributed by atoms with Gasteiger partial charge in [0, 0.05) is 16.8 Å². The summed E-state index contributed by atoms with van der Waals surface area (Å²) in [6.07, 6.45) is 0. The molecule has 0 N–H and O–H groups in total. The lowest BCUT2D eigenvalue weighted by atomic mass is 10.6. The summed E-state index contributed by atoms with van der Waals surface area (Å²) in [4.78, 5) is 11.1. The molecule has 0 aliphatic carbocycles. The van der Waals surface area contributed by atoms with Crippen molar-refractivity contribution in [2.24, 2.45) is 0 Å². The van der Waals surface area contributed by atoms with E-state index >= 15 is 0 Å². The highest BCUT2D eigenvalue weighted by molar-refractivity contribution is 8.17. The summed E-state index contributed by atoms with van der Waals surface area (Å²) in [5, 5.41) is 1.14. The SMILES string of the molecule is CCSCC(=O)SCC1CS1. The van der Waals surface area contributed by atoms with Gasteiger partial charge in [-0.05, 0) is 5.75 Å². The van der Waals surface area contributed by atoms with Crippen molar-refractivity contribution in [1.29, 1.82) is 0 Å². The molecule has 11 heavy (non-hydrogen) atoms. The van der Waals surface area contributed by atoms with Gasteiger partial charge in [0.05, 0.1) is 5.75 Å². The zero-order valence-electron chi connectivity index (χ0n) is 6.54. The molecule has 0 radical (unpaired) electrons. The maximum Gasteiger partial charge on any atom is 0.198 e. The lowest BCUT2D eigenvalue weighted by Gasteiger charge is -1.96. The minimum absolute atomic E-state index is 0.351. The first-order chi connectivity index (χ1) is 5.33. The molecule has 1 saturated heterocycles. The molecular weight excluding hydrogens is 196 g/mol. The Kier molecular flexibility index (Phi) is 4.80. The third-order valence-corrected chi connectivity index (χ3v) is 4.53. The average Bonchev–Trinajstić information content (AvgIpc) is 2.80. The fraction of sp³-hybridized carbons (Fsp3) is 0.857. The van der Waals surface area contributed by atoms with Crippen LogP contribution in [0.1, 0.15) is 6.92 Å². The summed E-state index contributed by atoms with van der Waals surface area (Å²) in [5.74, 6) is 4.04. The predicted octanol–water partition coefficient (Wildman–Crippen LogP) is 2.11. The second-order valence-electron chi connectivity index (χ2n) is 2.28. The first-order valence-corrected chi connectivity index (χ1v) is 6.86. The van der Waals surface area contributed by atoms with Crippen LogP contribution in [0.2, 0.25) is 0 Å². The first kappa shape index (κ1) is 9.81. The van der Waals surface area contributed by atoms with Crippen LogP contribution in [-0.4, -0.2) is 33.4 Å². The predicted molar refractivity (Wildman–Crippen MR) is 56.7 cm³/mol. The highest BCUT2D eigenvalue weighted by Gasteiger charge is 2.23. The topological polar surface area (TPSA) is 17.1 Å². The monoisotopic (exact) mass is 208 g/mol. The Morgan fingerprint density at radius 1 is 1.73 bits per heavy atom. The highest BCUT2D eigenvalue weighted by Crippen LogP contribution is 2.33. The standard InChI is InChI=1S/C7H12OS3/c1-2-9-5-7(8)11-4-6-3-10-6/h6H,2-5H2,1H3. The molecule has 1 aliphatic heterocycles. The van der Waals surface area contributed by atoms with E-state index in [2.05, 4.69) is 6.92 Å². The zero-order valence-corrected chi connectivity index (χ0v) is 8.99. The number of hydrogen-bond acceptors (Lipinski definition) is 4. The van der Waals surface area contributed by atoms with Crippen molar-refractivity contribution in [3.63, 3.8) is 0 Å². The van der Waals surface area contributed by atoms with Crippen molar-refractivity contribution >= 4 is 40.4 Å². The average molecular weight is 208 g/mol. The summed E-state index contributed by atoms with van der Waals surface area (Å²) in [7, 11) is 0. The van der Waals surface area contributed by atoms with Gasteiger partial charge < -0.3 is 0 Å². The number of hydrogen-bond donors (Lipinski definition) is 0. The molecule has 1 unspecified atom stereocenters. The van der Waals surface area contributed by atoms with Crippen LogP contribution in [0.5, 0.6) is 0 Å². The van der Waals surface area contributed by atoms with Crippen molar-refractivity contribution in [2.45, 2.75) is 12.2 Å². The second-order valence-corrected chi connectivity index (χ2v) is 5.96. The second kappa shape index (κ2) is 5.38. The molecule has 1 heterocycles. The molecule has 0 aromatic carbocycles. The minimum Gasteiger partial charge on any atom is -0.286 e. The third kappa shape index (κ3) is 5.04. The summed E-state index contributed by atoms with van der Waals surface area (Å²) in [6, 6.07) is 0. The van der Waals surface area contributed by atoms with Crippen molar-refractivity contribution in [1.82, 2.24) is 0 Å². The molecule has 4 heteroatoms. The van der Waals surface area contributed by atoms with E-state index in [0.29, 0.717) is 10.9 Å². The van der Waals surface area contributed by atoms with Crippen molar-refractivity contribution < 1.29 is 4.79 Å². The lowest BCUT2D eigenvalue weighted by molar-refractivity contribution is -0.108. The van der Waals surface area contributed by atoms with Crippen LogP contribution in [-0.2, 0) is 4.79 Å². The van der Waals surface area contributed by atoms with Gasteiger partial charge >= 0.3 is 0 Å². The number of rotatable bonds is 5. The van der Waals surface area contributed by atoms with E-state index in [4.69, 9.17) is 0 Å². The number of carbonyl (C=O) groups is 1. The Balaban J connectivity index is 1.91. The van der Waals surface area contributed by atoms with Crippen LogP contribution in [0.15, 0.2) is 0 Å². The summed E-state index contributed by atoms with van der Waals surface area (Å²) in [6.45, 7) is 2.08. The van der Waals surface area contributed by atoms with E-state index in [1.165, 1.54) is 17.5 Å². The Morgan fingerprint density at radius 3 is 3.00 bits per heavy atom. The van der Waals surface area contributed by atoms with Crippen LogP contribution >= 0.6 is 35.3 Å². The van der Waals surface area contributed by atoms with E-state index in [1.54, 1.807) is 11.8 Å². The van der Waals surface area contributed by atoms with Gasteiger partial charge in [0.2, 0.25) is 0 Å². The van der Waals surface area contributed by atoms with Crippen molar-refractivity contribution in [3.05, 3.63) is 0 Å². The van der Waals surface area contributed by atoms with E-state index in [0.717, 1.165) is 16.8 Å². The maximum absolute atomic E-state index is 11.1. The van der Waals surface area contributed by atoms with Crippen LogP contribution in [0.3, 0.4) is 0 Å². The molecule has 1 rings (SSSR count). The molecule has 1 nitrogen and oxygen atoms in total. The summed E-state index contributed by atoms with van der Waals surface area (Å²) < 4.78 is 0. The van der Waals surface area contributed by atoms with Gasteiger partial charge in [-0.25, -0.2) is 0 Å². The molecule has 64 valence electrons. The van der Waals surface area contributed by atoms with Gasteiger partial charge in [-0.1, -0.05) is 18.7 Å². The molecule has 0 aromatic heterocycles. The van der Waals surface area contributed by atoms with Crippen LogP contribution < -0.4 is 0 Å². The quantitative estimate of drug-likeness (QED) is 0.643. The zero-order chi connectivity index (χ0) is 8.10. The van der Waals surface area contributed by atoms with E-state index in [9.17, 15) is 4.79 Å². The molecule has 0 saturated carbocycles. The van der Waals surface area contributed by atoms with Gasteiger partial charge in [0.15, 0.2) is 5.12 Å². The lowest BCUT2D eigenvalue weighted by Crippen LogP contribution is -1.99. The van der Waals surface area contributed by atoms with Gasteiger partial charge in [-0.15, -0.1) is 0 Å². The largest absolute Gasteiger partial charge is 0.286 e. The van der Waals surface area contributed by atoms with Crippen LogP contribution in [0, 0.1) is 0 Å². The molecule has 0 amide bonds. The Morgan fingerprint density at radius 2 is 2.45 bits per heavy atom. The number of thioether (sulfide) groups is 3. The van der Waals surface area contributed by atoms with E-state index in [-0.39, 0.29) is 0 Å². The molecule has 0 bridgehead atoms. The van der Waals surface area contributed by atoms with E-state index < -0.39 is 0 Å². The van der Waals surface area contributed by atoms with Crippen LogP contribution in [0.25, 0.3) is 0 Å². The van der Waals surface area contributed by atoms with Gasteiger partial charge in [-0.2, -0.15) is 23.5 Å². The molecular formula is C7H12OS3. The van der Waals surface area contributed by atoms with E-state index in [1.807, 2.05) is 11.8 Å². The fourth-order valence-corrected chi connectivity index (χ4v) is 3.01. The Bertz CT molecular complexity index is 134. The van der Waals surface area contributed by atoms with Crippen molar-refractivity contribution in [3.8, 4) is 0 Å². The molecule has 0 aromatic rings. The Hall–Kier alpha value is 0.720. The highest BCUT2D eigenvalue weighted by atomic mass is 32.2. The fourth-order valence-electron chi connectivity index (χ4n) is 0.577. The van der Waals surface area contributed by atoms with Gasteiger partial charge in [0.25, 0.3) is 0 Å². The molecule has 1 aliphatic rings.